The summed E-state index contributed by atoms with van der Waals surface area (Å²) in [5.74, 6) is -0.356. The summed E-state index contributed by atoms with van der Waals surface area (Å²) in [6.45, 7) is 2.83. The number of nitrogens with zero attached hydrogens (tertiary/aromatic N) is 1. The molecule has 3 nitrogen and oxygen atoms in total. The average Bonchev–Trinajstić information content (AvgIpc) is 2.44. The second-order valence-electron chi connectivity index (χ2n) is 5.71. The fourth-order valence-electron chi connectivity index (χ4n) is 2.97. The number of aryl methyl sites for hydroxylation is 1. The highest BCUT2D eigenvalue weighted by Crippen LogP contribution is 2.36. The second-order valence-corrected chi connectivity index (χ2v) is 5.71. The number of rotatable bonds is 5. The molecular formula is C18H19NO2. The lowest BCUT2D eigenvalue weighted by atomic mass is 9.77. The molecule has 0 bridgehead atoms. The fourth-order valence-corrected chi connectivity index (χ4v) is 2.97. The van der Waals surface area contributed by atoms with Crippen molar-refractivity contribution in [3.8, 4) is 0 Å². The monoisotopic (exact) mass is 281 g/mol. The Morgan fingerprint density at radius 3 is 2.57 bits per heavy atom. The van der Waals surface area contributed by atoms with Crippen LogP contribution in [-0.2, 0) is 11.2 Å². The Kier molecular flexibility index (Phi) is 3.65. The lowest BCUT2D eigenvalue weighted by Crippen LogP contribution is -2.36. The van der Waals surface area contributed by atoms with Gasteiger partial charge in [-0.25, -0.2) is 0 Å². The standard InChI is InChI=1S/C18H19NO2/c1-13-6-8-16(9-7-13)19(12-18(20)21)11-15-10-14-4-2-3-5-17(14)15/h2-9,15H,10-12H2,1H3,(H,20,21). The molecule has 108 valence electrons. The van der Waals surface area contributed by atoms with Crippen molar-refractivity contribution in [3.63, 3.8) is 0 Å². The van der Waals surface area contributed by atoms with Crippen molar-refractivity contribution in [3.05, 3.63) is 65.2 Å². The third kappa shape index (κ3) is 2.92. The van der Waals surface area contributed by atoms with Gasteiger partial charge in [-0.15, -0.1) is 0 Å². The number of hydrogen-bond acceptors (Lipinski definition) is 2. The number of anilines is 1. The second kappa shape index (κ2) is 5.60. The molecule has 1 atom stereocenters. The van der Waals surface area contributed by atoms with Crippen LogP contribution in [0.1, 0.15) is 22.6 Å². The number of carboxylic acids is 1. The molecule has 0 saturated heterocycles. The van der Waals surface area contributed by atoms with Crippen molar-refractivity contribution in [2.45, 2.75) is 19.3 Å². The lowest BCUT2D eigenvalue weighted by molar-refractivity contribution is -0.135. The van der Waals surface area contributed by atoms with E-state index in [0.717, 1.165) is 18.7 Å². The molecule has 0 radical (unpaired) electrons. The number of fused-ring (bicyclic) bond motifs is 1. The zero-order valence-corrected chi connectivity index (χ0v) is 12.1. The van der Waals surface area contributed by atoms with Gasteiger partial charge in [-0.3, -0.25) is 4.79 Å². The molecule has 21 heavy (non-hydrogen) atoms. The van der Waals surface area contributed by atoms with E-state index in [0.29, 0.717) is 5.92 Å². The van der Waals surface area contributed by atoms with Gasteiger partial charge in [0.15, 0.2) is 0 Å². The van der Waals surface area contributed by atoms with E-state index in [1.165, 1.54) is 16.7 Å². The molecule has 0 saturated carbocycles. The van der Waals surface area contributed by atoms with Crippen LogP contribution in [0.3, 0.4) is 0 Å². The highest BCUT2D eigenvalue weighted by Gasteiger charge is 2.28. The van der Waals surface area contributed by atoms with Crippen molar-refractivity contribution in [2.75, 3.05) is 18.0 Å². The minimum atomic E-state index is -0.789. The van der Waals surface area contributed by atoms with Crippen LogP contribution in [0, 0.1) is 6.92 Å². The maximum atomic E-state index is 11.1. The molecule has 0 fully saturated rings. The Bertz CT molecular complexity index is 649. The van der Waals surface area contributed by atoms with Gasteiger partial charge in [-0.1, -0.05) is 42.0 Å². The Balaban J connectivity index is 1.78. The zero-order chi connectivity index (χ0) is 14.8. The summed E-state index contributed by atoms with van der Waals surface area (Å²) in [7, 11) is 0. The molecule has 0 aromatic heterocycles. The summed E-state index contributed by atoms with van der Waals surface area (Å²) in [5, 5.41) is 9.16. The molecule has 2 aromatic carbocycles. The summed E-state index contributed by atoms with van der Waals surface area (Å²) >= 11 is 0. The van der Waals surface area contributed by atoms with Gasteiger partial charge in [0.2, 0.25) is 0 Å². The van der Waals surface area contributed by atoms with Crippen LogP contribution in [0.4, 0.5) is 5.69 Å². The molecule has 0 amide bonds. The third-order valence-corrected chi connectivity index (χ3v) is 4.13. The van der Waals surface area contributed by atoms with E-state index in [4.69, 9.17) is 5.11 Å². The van der Waals surface area contributed by atoms with Gasteiger partial charge in [-0.2, -0.15) is 0 Å². The largest absolute Gasteiger partial charge is 0.480 e. The number of aliphatic carboxylic acids is 1. The van der Waals surface area contributed by atoms with Crippen LogP contribution in [0.25, 0.3) is 0 Å². The molecule has 0 heterocycles. The minimum Gasteiger partial charge on any atom is -0.480 e. The minimum absolute atomic E-state index is 0.0434. The smallest absolute Gasteiger partial charge is 0.323 e. The molecule has 1 aliphatic carbocycles. The van der Waals surface area contributed by atoms with Gasteiger partial charge in [-0.05, 0) is 36.6 Å². The molecule has 1 aliphatic rings. The van der Waals surface area contributed by atoms with Gasteiger partial charge in [0.1, 0.15) is 6.54 Å². The van der Waals surface area contributed by atoms with Crippen molar-refractivity contribution < 1.29 is 9.90 Å². The first-order chi connectivity index (χ1) is 10.1. The van der Waals surface area contributed by atoms with E-state index >= 15 is 0 Å². The van der Waals surface area contributed by atoms with Crippen LogP contribution < -0.4 is 4.90 Å². The Morgan fingerprint density at radius 1 is 1.19 bits per heavy atom. The van der Waals surface area contributed by atoms with Crippen molar-refractivity contribution in [1.29, 1.82) is 0 Å². The van der Waals surface area contributed by atoms with Crippen LogP contribution in [0.15, 0.2) is 48.5 Å². The number of carboxylic acid groups (broad SMARTS) is 1. The lowest BCUT2D eigenvalue weighted by Gasteiger charge is -2.35. The highest BCUT2D eigenvalue weighted by atomic mass is 16.4. The summed E-state index contributed by atoms with van der Waals surface area (Å²) < 4.78 is 0. The molecule has 0 aliphatic heterocycles. The summed E-state index contributed by atoms with van der Waals surface area (Å²) in [5.41, 5.74) is 4.91. The first kappa shape index (κ1) is 13.7. The van der Waals surface area contributed by atoms with E-state index in [2.05, 4.69) is 24.3 Å². The van der Waals surface area contributed by atoms with Crippen LogP contribution in [-0.4, -0.2) is 24.2 Å². The SMILES string of the molecule is Cc1ccc(N(CC(=O)O)CC2Cc3ccccc32)cc1. The predicted molar refractivity (Wildman–Crippen MR) is 83.9 cm³/mol. The Hall–Kier alpha value is -2.29. The Labute approximate surface area is 124 Å². The predicted octanol–water partition coefficient (Wildman–Crippen LogP) is 3.23. The molecular weight excluding hydrogens is 262 g/mol. The molecule has 0 spiro atoms. The van der Waals surface area contributed by atoms with E-state index in [1.54, 1.807) is 0 Å². The van der Waals surface area contributed by atoms with Crippen molar-refractivity contribution in [1.82, 2.24) is 0 Å². The Morgan fingerprint density at radius 2 is 1.90 bits per heavy atom. The fraction of sp³-hybridized carbons (Fsp3) is 0.278. The van der Waals surface area contributed by atoms with Crippen LogP contribution in [0.2, 0.25) is 0 Å². The summed E-state index contributed by atoms with van der Waals surface area (Å²) in [6, 6.07) is 16.5. The van der Waals surface area contributed by atoms with E-state index < -0.39 is 5.97 Å². The number of carbonyl (C=O) groups is 1. The quantitative estimate of drug-likeness (QED) is 0.914. The van der Waals surface area contributed by atoms with Gasteiger partial charge >= 0.3 is 5.97 Å². The molecule has 2 aromatic rings. The molecule has 3 rings (SSSR count). The van der Waals surface area contributed by atoms with Gasteiger partial charge < -0.3 is 10.0 Å². The third-order valence-electron chi connectivity index (χ3n) is 4.13. The van der Waals surface area contributed by atoms with E-state index in [-0.39, 0.29) is 6.54 Å². The summed E-state index contributed by atoms with van der Waals surface area (Å²) in [4.78, 5) is 13.1. The van der Waals surface area contributed by atoms with E-state index in [9.17, 15) is 4.79 Å². The highest BCUT2D eigenvalue weighted by molar-refractivity contribution is 5.74. The molecule has 1 unspecified atom stereocenters. The first-order valence-corrected chi connectivity index (χ1v) is 7.24. The molecule has 3 heteroatoms. The van der Waals surface area contributed by atoms with Gasteiger partial charge in [0.05, 0.1) is 0 Å². The summed E-state index contributed by atoms with van der Waals surface area (Å²) in [6.07, 6.45) is 1.04. The van der Waals surface area contributed by atoms with Gasteiger partial charge in [0, 0.05) is 18.2 Å². The van der Waals surface area contributed by atoms with Crippen molar-refractivity contribution in [2.24, 2.45) is 0 Å². The topological polar surface area (TPSA) is 40.5 Å². The van der Waals surface area contributed by atoms with E-state index in [1.807, 2.05) is 36.1 Å². The van der Waals surface area contributed by atoms with Crippen LogP contribution >= 0.6 is 0 Å². The normalized spacial score (nSPS) is 16.0. The van der Waals surface area contributed by atoms with Gasteiger partial charge in [0.25, 0.3) is 0 Å². The first-order valence-electron chi connectivity index (χ1n) is 7.24. The molecule has 1 N–H and O–H groups in total. The zero-order valence-electron chi connectivity index (χ0n) is 12.1. The van der Waals surface area contributed by atoms with Crippen LogP contribution in [0.5, 0.6) is 0 Å². The number of benzene rings is 2. The van der Waals surface area contributed by atoms with Crippen molar-refractivity contribution >= 4 is 11.7 Å². The maximum absolute atomic E-state index is 11.1. The number of hydrogen-bond donors (Lipinski definition) is 1. The maximum Gasteiger partial charge on any atom is 0.323 e. The average molecular weight is 281 g/mol.